The van der Waals surface area contributed by atoms with Crippen molar-refractivity contribution in [2.75, 3.05) is 5.32 Å². The maximum atomic E-state index is 12.3. The lowest BCUT2D eigenvalue weighted by atomic mass is 10.1. The second-order valence-corrected chi connectivity index (χ2v) is 8.11. The third-order valence-electron chi connectivity index (χ3n) is 4.09. The first-order valence-electron chi connectivity index (χ1n) is 8.80. The van der Waals surface area contributed by atoms with E-state index in [1.165, 1.54) is 12.1 Å². The molecule has 0 bridgehead atoms. The van der Waals surface area contributed by atoms with Gasteiger partial charge in [0.25, 0.3) is 5.91 Å². The molecule has 3 rings (SSSR count). The van der Waals surface area contributed by atoms with Crippen LogP contribution in [0.4, 0.5) is 11.6 Å². The minimum Gasteiger partial charge on any atom is -0.348 e. The van der Waals surface area contributed by atoms with Crippen molar-refractivity contribution in [1.29, 1.82) is 0 Å². The molecule has 3 aromatic rings. The molecule has 0 spiro atoms. The van der Waals surface area contributed by atoms with Crippen LogP contribution >= 0.6 is 0 Å². The van der Waals surface area contributed by atoms with E-state index >= 15 is 0 Å². The van der Waals surface area contributed by atoms with Crippen molar-refractivity contribution in [2.45, 2.75) is 25.3 Å². The molecule has 4 N–H and O–H groups in total. The Morgan fingerprint density at radius 3 is 2.10 bits per heavy atom. The van der Waals surface area contributed by atoms with Gasteiger partial charge in [0.1, 0.15) is 0 Å². The fraction of sp³-hybridized carbons (Fsp3) is 0.150. The van der Waals surface area contributed by atoms with E-state index < -0.39 is 10.0 Å². The number of aryl methyl sites for hydroxylation is 2. The second kappa shape index (κ2) is 8.38. The maximum Gasteiger partial charge on any atom is 0.251 e. The number of primary sulfonamides is 1. The van der Waals surface area contributed by atoms with Crippen LogP contribution in [0.1, 0.15) is 27.3 Å². The van der Waals surface area contributed by atoms with Crippen LogP contribution in [0.15, 0.2) is 59.5 Å². The van der Waals surface area contributed by atoms with E-state index in [-0.39, 0.29) is 17.3 Å². The van der Waals surface area contributed by atoms with Gasteiger partial charge < -0.3 is 10.6 Å². The highest BCUT2D eigenvalue weighted by Crippen LogP contribution is 2.15. The number of sulfonamides is 1. The van der Waals surface area contributed by atoms with Crippen LogP contribution in [-0.2, 0) is 16.6 Å². The molecule has 2 aromatic carbocycles. The molecule has 0 unspecified atom stereocenters. The molecule has 1 aromatic heterocycles. The Bertz CT molecular complexity index is 1110. The Morgan fingerprint density at radius 2 is 1.55 bits per heavy atom. The predicted molar refractivity (Wildman–Crippen MR) is 110 cm³/mol. The van der Waals surface area contributed by atoms with Gasteiger partial charge in [0.05, 0.1) is 4.90 Å². The first-order chi connectivity index (χ1) is 13.7. The molecule has 0 aliphatic rings. The quantitative estimate of drug-likeness (QED) is 0.572. The van der Waals surface area contributed by atoms with Crippen LogP contribution in [0.2, 0.25) is 0 Å². The number of hydrogen-bond acceptors (Lipinski definition) is 6. The van der Waals surface area contributed by atoms with Crippen molar-refractivity contribution < 1.29 is 13.2 Å². The van der Waals surface area contributed by atoms with E-state index in [0.29, 0.717) is 11.5 Å². The summed E-state index contributed by atoms with van der Waals surface area (Å²) in [5, 5.41) is 11.0. The molecule has 0 fully saturated rings. The summed E-state index contributed by atoms with van der Waals surface area (Å²) in [6.07, 6.45) is 0. The van der Waals surface area contributed by atoms with Crippen molar-refractivity contribution in [2.24, 2.45) is 5.14 Å². The van der Waals surface area contributed by atoms with Gasteiger partial charge in [-0.3, -0.25) is 4.79 Å². The average molecular weight is 411 g/mol. The fourth-order valence-corrected chi connectivity index (χ4v) is 3.21. The number of nitrogens with two attached hydrogens (primary N) is 1. The molecule has 8 nitrogen and oxygen atoms in total. The summed E-state index contributed by atoms with van der Waals surface area (Å²) in [6.45, 7) is 4.06. The molecule has 0 radical (unpaired) electrons. The van der Waals surface area contributed by atoms with Crippen LogP contribution < -0.4 is 15.8 Å². The van der Waals surface area contributed by atoms with Gasteiger partial charge in [0.2, 0.25) is 16.0 Å². The van der Waals surface area contributed by atoms with Gasteiger partial charge in [-0.1, -0.05) is 12.1 Å². The molecular formula is C20H21N5O3S. The largest absolute Gasteiger partial charge is 0.348 e. The van der Waals surface area contributed by atoms with Crippen LogP contribution in [-0.4, -0.2) is 24.3 Å². The fourth-order valence-electron chi connectivity index (χ4n) is 2.70. The van der Waals surface area contributed by atoms with Crippen molar-refractivity contribution >= 4 is 27.6 Å². The van der Waals surface area contributed by atoms with E-state index in [9.17, 15) is 13.2 Å². The van der Waals surface area contributed by atoms with Gasteiger partial charge in [-0.2, -0.15) is 0 Å². The van der Waals surface area contributed by atoms with Gasteiger partial charge in [-0.25, -0.2) is 23.5 Å². The highest BCUT2D eigenvalue weighted by molar-refractivity contribution is 7.89. The number of anilines is 2. The number of amides is 1. The summed E-state index contributed by atoms with van der Waals surface area (Å²) in [7, 11) is -3.73. The van der Waals surface area contributed by atoms with Crippen molar-refractivity contribution in [3.63, 3.8) is 0 Å². The van der Waals surface area contributed by atoms with Gasteiger partial charge in [0.15, 0.2) is 0 Å². The van der Waals surface area contributed by atoms with Gasteiger partial charge in [-0.15, -0.1) is 0 Å². The van der Waals surface area contributed by atoms with Crippen LogP contribution in [0.25, 0.3) is 0 Å². The lowest BCUT2D eigenvalue weighted by molar-refractivity contribution is 0.0951. The van der Waals surface area contributed by atoms with Crippen LogP contribution in [0, 0.1) is 13.8 Å². The summed E-state index contributed by atoms with van der Waals surface area (Å²) in [4.78, 5) is 21.0. The molecule has 9 heteroatoms. The molecule has 0 aliphatic heterocycles. The van der Waals surface area contributed by atoms with Crippen molar-refractivity contribution in [3.8, 4) is 0 Å². The maximum absolute atomic E-state index is 12.3. The van der Waals surface area contributed by atoms with Gasteiger partial charge in [-0.05, 0) is 61.9 Å². The highest BCUT2D eigenvalue weighted by Gasteiger charge is 2.09. The third-order valence-corrected chi connectivity index (χ3v) is 5.02. The number of benzene rings is 2. The molecule has 0 saturated carbocycles. The van der Waals surface area contributed by atoms with E-state index in [4.69, 9.17) is 5.14 Å². The van der Waals surface area contributed by atoms with Gasteiger partial charge >= 0.3 is 0 Å². The van der Waals surface area contributed by atoms with Crippen molar-refractivity contribution in [3.05, 3.63) is 77.1 Å². The van der Waals surface area contributed by atoms with Crippen LogP contribution in [0.5, 0.6) is 0 Å². The minimum absolute atomic E-state index is 0.0310. The summed E-state index contributed by atoms with van der Waals surface area (Å²) in [5.74, 6) is 0.261. The summed E-state index contributed by atoms with van der Waals surface area (Å²) in [6, 6.07) is 14.9. The van der Waals surface area contributed by atoms with E-state index in [1.54, 1.807) is 36.4 Å². The molecule has 150 valence electrons. The number of hydrogen-bond donors (Lipinski definition) is 3. The van der Waals surface area contributed by atoms with E-state index in [2.05, 4.69) is 20.6 Å². The Hall–Kier alpha value is -3.30. The topological polar surface area (TPSA) is 127 Å². The zero-order chi connectivity index (χ0) is 21.0. The molecule has 0 saturated heterocycles. The number of nitrogens with zero attached hydrogens (tertiary/aromatic N) is 2. The monoisotopic (exact) mass is 411 g/mol. The number of aromatic nitrogens is 2. The molecule has 29 heavy (non-hydrogen) atoms. The molecule has 1 amide bonds. The van der Waals surface area contributed by atoms with Crippen LogP contribution in [0.3, 0.4) is 0 Å². The number of rotatable bonds is 6. The molecular weight excluding hydrogens is 390 g/mol. The Labute approximate surface area is 169 Å². The smallest absolute Gasteiger partial charge is 0.251 e. The number of carbonyl (C=O) groups excluding carboxylic acids is 1. The third kappa shape index (κ3) is 5.59. The summed E-state index contributed by atoms with van der Waals surface area (Å²) in [5.41, 5.74) is 3.76. The Morgan fingerprint density at radius 1 is 0.966 bits per heavy atom. The molecule has 0 aliphatic carbocycles. The van der Waals surface area contributed by atoms with Crippen molar-refractivity contribution in [1.82, 2.24) is 15.3 Å². The Balaban J connectivity index is 1.60. The predicted octanol–water partition coefficient (Wildman–Crippen LogP) is 2.41. The summed E-state index contributed by atoms with van der Waals surface area (Å²) < 4.78 is 22.5. The first kappa shape index (κ1) is 20.4. The minimum atomic E-state index is -3.73. The lowest BCUT2D eigenvalue weighted by Crippen LogP contribution is -2.22. The zero-order valence-electron chi connectivity index (χ0n) is 16.0. The van der Waals surface area contributed by atoms with E-state index in [1.807, 2.05) is 19.9 Å². The number of nitrogens with one attached hydrogen (secondary N) is 2. The standard InChI is InChI=1S/C20H21N5O3S/c1-13-11-14(2)24-20(23-13)25-17-7-5-16(6-8-17)19(26)22-12-15-3-9-18(10-4-15)29(21,27)28/h3-11H,12H2,1-2H3,(H,22,26)(H2,21,27,28)(H,23,24,25). The average Bonchev–Trinajstić information content (AvgIpc) is 2.65. The normalized spacial score (nSPS) is 11.1. The SMILES string of the molecule is Cc1cc(C)nc(Nc2ccc(C(=O)NCc3ccc(S(N)(=O)=O)cc3)cc2)n1. The molecule has 0 atom stereocenters. The Kier molecular flexibility index (Phi) is 5.90. The van der Waals surface area contributed by atoms with E-state index in [0.717, 1.165) is 22.6 Å². The summed E-state index contributed by atoms with van der Waals surface area (Å²) >= 11 is 0. The first-order valence-corrected chi connectivity index (χ1v) is 10.3. The lowest BCUT2D eigenvalue weighted by Gasteiger charge is -2.09. The highest BCUT2D eigenvalue weighted by atomic mass is 32.2. The zero-order valence-corrected chi connectivity index (χ0v) is 16.8. The molecule has 1 heterocycles. The number of carbonyl (C=O) groups is 1. The van der Waals surface area contributed by atoms with Gasteiger partial charge in [0, 0.05) is 29.2 Å². The second-order valence-electron chi connectivity index (χ2n) is 6.55.